The van der Waals surface area contributed by atoms with E-state index in [9.17, 15) is 0 Å². The smallest absolute Gasteiger partial charge is 0.0562 e. The van der Waals surface area contributed by atoms with E-state index in [1.807, 2.05) is 6.20 Å². The molecule has 1 aliphatic carbocycles. The van der Waals surface area contributed by atoms with Gasteiger partial charge in [0, 0.05) is 50.6 Å². The average Bonchev–Trinajstić information content (AvgIpc) is 3.08. The lowest BCUT2D eigenvalue weighted by Crippen LogP contribution is -2.49. The molecule has 1 saturated carbocycles. The van der Waals surface area contributed by atoms with Crippen LogP contribution in [0.3, 0.4) is 0 Å². The van der Waals surface area contributed by atoms with E-state index >= 15 is 0 Å². The highest BCUT2D eigenvalue weighted by atomic mass is 15.3. The number of nitrogens with one attached hydrogen (secondary N) is 1. The summed E-state index contributed by atoms with van der Waals surface area (Å²) in [5.74, 6) is 0. The lowest BCUT2D eigenvalue weighted by atomic mass is 10.1. The van der Waals surface area contributed by atoms with E-state index in [0.717, 1.165) is 37.9 Å². The molecule has 0 atom stereocenters. The minimum atomic E-state index is 0.867. The molecule has 3 rings (SSSR count). The standard InChI is InChI=1S/C17H28N4/c1-2-18-14-15-13-17(7-8-19-15)21-11-9-20(10-12-21)16-5-3-4-6-16/h7-8,13,16,18H,2-6,9-12,14H2,1H3. The molecule has 1 N–H and O–H groups in total. The van der Waals surface area contributed by atoms with Crippen molar-refractivity contribution in [2.45, 2.75) is 45.2 Å². The zero-order chi connectivity index (χ0) is 14.5. The van der Waals surface area contributed by atoms with Crippen molar-refractivity contribution in [1.29, 1.82) is 0 Å². The fraction of sp³-hybridized carbons (Fsp3) is 0.706. The molecule has 0 bridgehead atoms. The van der Waals surface area contributed by atoms with Crippen molar-refractivity contribution >= 4 is 5.69 Å². The summed E-state index contributed by atoms with van der Waals surface area (Å²) in [6.07, 6.45) is 7.65. The maximum Gasteiger partial charge on any atom is 0.0562 e. The van der Waals surface area contributed by atoms with Crippen molar-refractivity contribution in [3.05, 3.63) is 24.0 Å². The molecule has 4 nitrogen and oxygen atoms in total. The molecular weight excluding hydrogens is 260 g/mol. The SMILES string of the molecule is CCNCc1cc(N2CCN(C3CCCC3)CC2)ccn1. The molecule has 1 saturated heterocycles. The summed E-state index contributed by atoms with van der Waals surface area (Å²) < 4.78 is 0. The molecule has 0 spiro atoms. The van der Waals surface area contributed by atoms with E-state index in [4.69, 9.17) is 0 Å². The highest BCUT2D eigenvalue weighted by Crippen LogP contribution is 2.25. The van der Waals surface area contributed by atoms with Crippen molar-refractivity contribution in [3.63, 3.8) is 0 Å². The topological polar surface area (TPSA) is 31.4 Å². The summed E-state index contributed by atoms with van der Waals surface area (Å²) in [6.45, 7) is 8.73. The fourth-order valence-corrected chi connectivity index (χ4v) is 3.63. The zero-order valence-corrected chi connectivity index (χ0v) is 13.2. The molecule has 2 heterocycles. The van der Waals surface area contributed by atoms with Gasteiger partial charge in [0.2, 0.25) is 0 Å². The van der Waals surface area contributed by atoms with Gasteiger partial charge in [-0.25, -0.2) is 0 Å². The van der Waals surface area contributed by atoms with Crippen LogP contribution in [-0.4, -0.2) is 48.6 Å². The second-order valence-corrected chi connectivity index (χ2v) is 6.25. The van der Waals surface area contributed by atoms with Crippen LogP contribution in [0, 0.1) is 0 Å². The predicted molar refractivity (Wildman–Crippen MR) is 87.7 cm³/mol. The molecule has 2 fully saturated rings. The Kier molecular flexibility index (Phi) is 5.09. The number of rotatable bonds is 5. The van der Waals surface area contributed by atoms with Crippen molar-refractivity contribution in [1.82, 2.24) is 15.2 Å². The average molecular weight is 288 g/mol. The number of nitrogens with zero attached hydrogens (tertiary/aromatic N) is 3. The second-order valence-electron chi connectivity index (χ2n) is 6.25. The summed E-state index contributed by atoms with van der Waals surface area (Å²) in [4.78, 5) is 9.68. The predicted octanol–water partition coefficient (Wildman–Crippen LogP) is 2.26. The van der Waals surface area contributed by atoms with Crippen molar-refractivity contribution in [2.75, 3.05) is 37.6 Å². The molecule has 116 valence electrons. The lowest BCUT2D eigenvalue weighted by Gasteiger charge is -2.39. The van der Waals surface area contributed by atoms with Crippen LogP contribution in [0.5, 0.6) is 0 Å². The summed E-state index contributed by atoms with van der Waals surface area (Å²) in [7, 11) is 0. The van der Waals surface area contributed by atoms with Gasteiger partial charge >= 0.3 is 0 Å². The molecular formula is C17H28N4. The van der Waals surface area contributed by atoms with Gasteiger partial charge in [-0.15, -0.1) is 0 Å². The number of hydrogen-bond donors (Lipinski definition) is 1. The second kappa shape index (κ2) is 7.23. The van der Waals surface area contributed by atoms with Crippen molar-refractivity contribution in [2.24, 2.45) is 0 Å². The summed E-state index contributed by atoms with van der Waals surface area (Å²) in [6, 6.07) is 5.27. The molecule has 21 heavy (non-hydrogen) atoms. The Morgan fingerprint density at radius 1 is 1.19 bits per heavy atom. The van der Waals surface area contributed by atoms with Gasteiger partial charge in [-0.3, -0.25) is 9.88 Å². The number of pyridine rings is 1. The van der Waals surface area contributed by atoms with Gasteiger partial charge in [-0.2, -0.15) is 0 Å². The van der Waals surface area contributed by atoms with Gasteiger partial charge in [-0.05, 0) is 31.5 Å². The third kappa shape index (κ3) is 3.74. The Labute approximate surface area is 128 Å². The molecule has 4 heteroatoms. The summed E-state index contributed by atoms with van der Waals surface area (Å²) in [5, 5.41) is 3.35. The van der Waals surface area contributed by atoms with Crippen molar-refractivity contribution in [3.8, 4) is 0 Å². The van der Waals surface area contributed by atoms with Crippen molar-refractivity contribution < 1.29 is 0 Å². The minimum Gasteiger partial charge on any atom is -0.369 e. The molecule has 0 aromatic carbocycles. The molecule has 1 aliphatic heterocycles. The largest absolute Gasteiger partial charge is 0.369 e. The van der Waals surface area contributed by atoms with Crippen LogP contribution in [0.25, 0.3) is 0 Å². The highest BCUT2D eigenvalue weighted by Gasteiger charge is 2.26. The van der Waals surface area contributed by atoms with Gasteiger partial charge in [0.1, 0.15) is 0 Å². The molecule has 0 radical (unpaired) electrons. The Bertz CT molecular complexity index is 434. The Balaban J connectivity index is 1.56. The van der Waals surface area contributed by atoms with Gasteiger partial charge in [0.25, 0.3) is 0 Å². The number of hydrogen-bond acceptors (Lipinski definition) is 4. The van der Waals surface area contributed by atoms with Crippen LogP contribution < -0.4 is 10.2 Å². The molecule has 0 unspecified atom stereocenters. The number of anilines is 1. The lowest BCUT2D eigenvalue weighted by molar-refractivity contribution is 0.187. The molecule has 1 aromatic rings. The normalized spacial score (nSPS) is 21.1. The van der Waals surface area contributed by atoms with Crippen LogP contribution in [0.1, 0.15) is 38.3 Å². The highest BCUT2D eigenvalue weighted by molar-refractivity contribution is 5.47. The van der Waals surface area contributed by atoms with E-state index in [0.29, 0.717) is 0 Å². The van der Waals surface area contributed by atoms with E-state index in [2.05, 4.69) is 39.2 Å². The maximum atomic E-state index is 4.45. The van der Waals surface area contributed by atoms with Crippen LogP contribution in [-0.2, 0) is 6.54 Å². The quantitative estimate of drug-likeness (QED) is 0.900. The monoisotopic (exact) mass is 288 g/mol. The Morgan fingerprint density at radius 2 is 1.95 bits per heavy atom. The first-order valence-corrected chi connectivity index (χ1v) is 8.51. The van der Waals surface area contributed by atoms with Crippen LogP contribution >= 0.6 is 0 Å². The number of piperazine rings is 1. The zero-order valence-electron chi connectivity index (χ0n) is 13.2. The van der Waals surface area contributed by atoms with E-state index in [-0.39, 0.29) is 0 Å². The van der Waals surface area contributed by atoms with Crippen LogP contribution in [0.4, 0.5) is 5.69 Å². The van der Waals surface area contributed by atoms with Gasteiger partial charge in [-0.1, -0.05) is 19.8 Å². The first-order valence-electron chi connectivity index (χ1n) is 8.51. The third-order valence-corrected chi connectivity index (χ3v) is 4.88. The van der Waals surface area contributed by atoms with Gasteiger partial charge in [0.05, 0.1) is 5.69 Å². The van der Waals surface area contributed by atoms with E-state index in [1.165, 1.54) is 44.5 Å². The fourth-order valence-electron chi connectivity index (χ4n) is 3.63. The first-order chi connectivity index (χ1) is 10.4. The van der Waals surface area contributed by atoms with E-state index in [1.54, 1.807) is 0 Å². The first kappa shape index (κ1) is 14.8. The Morgan fingerprint density at radius 3 is 2.67 bits per heavy atom. The van der Waals surface area contributed by atoms with Gasteiger partial charge < -0.3 is 10.2 Å². The summed E-state index contributed by atoms with van der Waals surface area (Å²) in [5.41, 5.74) is 2.48. The van der Waals surface area contributed by atoms with Gasteiger partial charge in [0.15, 0.2) is 0 Å². The Hall–Kier alpha value is -1.13. The van der Waals surface area contributed by atoms with Crippen LogP contribution in [0.15, 0.2) is 18.3 Å². The summed E-state index contributed by atoms with van der Waals surface area (Å²) >= 11 is 0. The maximum absolute atomic E-state index is 4.45. The minimum absolute atomic E-state index is 0.867. The van der Waals surface area contributed by atoms with E-state index < -0.39 is 0 Å². The third-order valence-electron chi connectivity index (χ3n) is 4.88. The van der Waals surface area contributed by atoms with Crippen LogP contribution in [0.2, 0.25) is 0 Å². The molecule has 1 aromatic heterocycles. The molecule has 2 aliphatic rings. The molecule has 0 amide bonds. The number of aromatic nitrogens is 1.